The van der Waals surface area contributed by atoms with Gasteiger partial charge in [-0.25, -0.2) is 0 Å². The number of nitrogens with zero attached hydrogens (tertiary/aromatic N) is 2. The molecule has 0 fully saturated rings. The van der Waals surface area contributed by atoms with Gasteiger partial charge in [-0.05, 0) is 25.3 Å². The summed E-state index contributed by atoms with van der Waals surface area (Å²) in [4.78, 5) is 4.37. The number of aromatic nitrogens is 2. The molecule has 1 unspecified atom stereocenters. The lowest BCUT2D eigenvalue weighted by molar-refractivity contribution is 0.290. The Morgan fingerprint density at radius 3 is 2.61 bits per heavy atom. The van der Waals surface area contributed by atoms with Crippen molar-refractivity contribution in [1.82, 2.24) is 10.1 Å². The Labute approximate surface area is 107 Å². The summed E-state index contributed by atoms with van der Waals surface area (Å²) in [6.45, 7) is 3.91. The summed E-state index contributed by atoms with van der Waals surface area (Å²) in [5, 5.41) is 3.98. The Hall–Kier alpha value is -1.68. The molecule has 1 atom stereocenters. The maximum Gasteiger partial charge on any atom is 0.246 e. The Morgan fingerprint density at radius 2 is 1.94 bits per heavy atom. The van der Waals surface area contributed by atoms with E-state index < -0.39 is 5.54 Å². The first-order valence-corrected chi connectivity index (χ1v) is 6.27. The van der Waals surface area contributed by atoms with Crippen LogP contribution in [-0.4, -0.2) is 10.1 Å². The smallest absolute Gasteiger partial charge is 0.246 e. The Morgan fingerprint density at radius 1 is 1.22 bits per heavy atom. The molecule has 0 bridgehead atoms. The summed E-state index contributed by atoms with van der Waals surface area (Å²) >= 11 is 0. The molecular weight excluding hydrogens is 226 g/mol. The molecule has 0 amide bonds. The second-order valence-electron chi connectivity index (χ2n) is 4.77. The molecule has 0 aliphatic carbocycles. The van der Waals surface area contributed by atoms with Crippen LogP contribution >= 0.6 is 0 Å². The van der Waals surface area contributed by atoms with Crippen LogP contribution in [0.1, 0.15) is 37.5 Å². The molecule has 2 rings (SSSR count). The van der Waals surface area contributed by atoms with Gasteiger partial charge >= 0.3 is 0 Å². The molecule has 96 valence electrons. The van der Waals surface area contributed by atoms with Crippen molar-refractivity contribution < 1.29 is 4.52 Å². The zero-order valence-corrected chi connectivity index (χ0v) is 10.9. The second kappa shape index (κ2) is 5.31. The second-order valence-corrected chi connectivity index (χ2v) is 4.77. The van der Waals surface area contributed by atoms with Gasteiger partial charge in [-0.15, -0.1) is 0 Å². The minimum atomic E-state index is -0.530. The van der Waals surface area contributed by atoms with Crippen LogP contribution in [0, 0.1) is 0 Å². The quantitative estimate of drug-likeness (QED) is 0.878. The van der Waals surface area contributed by atoms with Crippen molar-refractivity contribution in [3.05, 3.63) is 47.6 Å². The number of nitrogens with two attached hydrogens (primary N) is 1. The molecule has 18 heavy (non-hydrogen) atoms. The number of hydrogen-bond acceptors (Lipinski definition) is 4. The van der Waals surface area contributed by atoms with Gasteiger partial charge in [0.2, 0.25) is 5.89 Å². The van der Waals surface area contributed by atoms with Gasteiger partial charge in [-0.1, -0.05) is 42.4 Å². The largest absolute Gasteiger partial charge is 0.337 e. The van der Waals surface area contributed by atoms with E-state index >= 15 is 0 Å². The molecule has 2 aromatic rings. The molecule has 2 N–H and O–H groups in total. The monoisotopic (exact) mass is 245 g/mol. The van der Waals surface area contributed by atoms with Gasteiger partial charge in [0.05, 0.1) is 5.54 Å². The van der Waals surface area contributed by atoms with Crippen LogP contribution in [0.3, 0.4) is 0 Å². The number of benzene rings is 1. The number of aryl methyl sites for hydroxylation is 2. The summed E-state index contributed by atoms with van der Waals surface area (Å²) < 4.78 is 5.22. The van der Waals surface area contributed by atoms with Crippen molar-refractivity contribution in [1.29, 1.82) is 0 Å². The lowest BCUT2D eigenvalue weighted by Gasteiger charge is -2.16. The molecular formula is C14H19N3O. The van der Waals surface area contributed by atoms with Gasteiger partial charge in [0.15, 0.2) is 5.82 Å². The fourth-order valence-electron chi connectivity index (χ4n) is 1.64. The van der Waals surface area contributed by atoms with Gasteiger partial charge in [-0.2, -0.15) is 4.98 Å². The molecule has 0 aliphatic rings. The van der Waals surface area contributed by atoms with Crippen LogP contribution in [0.15, 0.2) is 34.9 Å². The topological polar surface area (TPSA) is 64.9 Å². The predicted octanol–water partition coefficient (Wildman–Crippen LogP) is 2.44. The molecule has 4 heteroatoms. The lowest BCUT2D eigenvalue weighted by Crippen LogP contribution is -2.32. The Kier molecular flexibility index (Phi) is 3.77. The maximum atomic E-state index is 6.06. The van der Waals surface area contributed by atoms with E-state index in [1.807, 2.05) is 32.0 Å². The fourth-order valence-corrected chi connectivity index (χ4v) is 1.64. The van der Waals surface area contributed by atoms with Crippen LogP contribution in [0.25, 0.3) is 0 Å². The standard InChI is InChI=1S/C14H19N3O/c1-3-14(2,15)13-16-12(17-18-13)10-9-11-7-5-4-6-8-11/h4-8H,3,9-10,15H2,1-2H3. The predicted molar refractivity (Wildman–Crippen MR) is 70.0 cm³/mol. The summed E-state index contributed by atoms with van der Waals surface area (Å²) in [6, 6.07) is 10.3. The first-order chi connectivity index (χ1) is 8.62. The van der Waals surface area contributed by atoms with Gasteiger partial charge in [0.25, 0.3) is 0 Å². The normalized spacial score (nSPS) is 14.4. The summed E-state index contributed by atoms with van der Waals surface area (Å²) in [5.41, 5.74) is 6.80. The first kappa shape index (κ1) is 12.8. The van der Waals surface area contributed by atoms with E-state index in [9.17, 15) is 0 Å². The molecule has 0 spiro atoms. The van der Waals surface area contributed by atoms with Crippen molar-refractivity contribution in [2.45, 2.75) is 38.6 Å². The van der Waals surface area contributed by atoms with E-state index in [0.717, 1.165) is 25.1 Å². The highest BCUT2D eigenvalue weighted by Crippen LogP contribution is 2.19. The number of rotatable bonds is 5. The van der Waals surface area contributed by atoms with Crippen molar-refractivity contribution in [3.63, 3.8) is 0 Å². The Balaban J connectivity index is 1.99. The maximum absolute atomic E-state index is 6.06. The third-order valence-corrected chi connectivity index (χ3v) is 3.17. The van der Waals surface area contributed by atoms with Crippen molar-refractivity contribution in [3.8, 4) is 0 Å². The Bertz CT molecular complexity index is 491. The average Bonchev–Trinajstić information content (AvgIpc) is 2.87. The molecule has 0 saturated carbocycles. The van der Waals surface area contributed by atoms with Crippen LogP contribution < -0.4 is 5.73 Å². The van der Waals surface area contributed by atoms with E-state index in [0.29, 0.717) is 5.89 Å². The first-order valence-electron chi connectivity index (χ1n) is 6.27. The minimum absolute atomic E-state index is 0.521. The molecule has 1 aromatic heterocycles. The van der Waals surface area contributed by atoms with Gasteiger partial charge in [-0.3, -0.25) is 0 Å². The van der Waals surface area contributed by atoms with Crippen molar-refractivity contribution in [2.75, 3.05) is 0 Å². The molecule has 4 nitrogen and oxygen atoms in total. The highest BCUT2D eigenvalue weighted by molar-refractivity contribution is 5.15. The molecule has 0 saturated heterocycles. The highest BCUT2D eigenvalue weighted by atomic mass is 16.5. The highest BCUT2D eigenvalue weighted by Gasteiger charge is 2.25. The van der Waals surface area contributed by atoms with Gasteiger partial charge < -0.3 is 10.3 Å². The summed E-state index contributed by atoms with van der Waals surface area (Å²) in [5.74, 6) is 1.24. The van der Waals surface area contributed by atoms with Crippen LogP contribution in [0.5, 0.6) is 0 Å². The average molecular weight is 245 g/mol. The SMILES string of the molecule is CCC(C)(N)c1nc(CCc2ccccc2)no1. The molecule has 0 radical (unpaired) electrons. The van der Waals surface area contributed by atoms with Crippen molar-refractivity contribution >= 4 is 0 Å². The van der Waals surface area contributed by atoms with Gasteiger partial charge in [0.1, 0.15) is 0 Å². The van der Waals surface area contributed by atoms with Crippen LogP contribution in [0.2, 0.25) is 0 Å². The minimum Gasteiger partial charge on any atom is -0.337 e. The molecule has 0 aliphatic heterocycles. The molecule has 1 heterocycles. The van der Waals surface area contributed by atoms with E-state index in [2.05, 4.69) is 22.3 Å². The summed E-state index contributed by atoms with van der Waals surface area (Å²) in [7, 11) is 0. The number of hydrogen-bond donors (Lipinski definition) is 1. The zero-order valence-electron chi connectivity index (χ0n) is 10.9. The zero-order chi connectivity index (χ0) is 13.0. The third-order valence-electron chi connectivity index (χ3n) is 3.17. The fraction of sp³-hybridized carbons (Fsp3) is 0.429. The third kappa shape index (κ3) is 2.96. The van der Waals surface area contributed by atoms with Crippen molar-refractivity contribution in [2.24, 2.45) is 5.73 Å². The van der Waals surface area contributed by atoms with Gasteiger partial charge in [0, 0.05) is 6.42 Å². The van der Waals surface area contributed by atoms with E-state index in [-0.39, 0.29) is 0 Å². The van der Waals surface area contributed by atoms with E-state index in [1.54, 1.807) is 0 Å². The van der Waals surface area contributed by atoms with Crippen LogP contribution in [0.4, 0.5) is 0 Å². The van der Waals surface area contributed by atoms with E-state index in [1.165, 1.54) is 5.56 Å². The summed E-state index contributed by atoms with van der Waals surface area (Å²) in [6.07, 6.45) is 2.45. The van der Waals surface area contributed by atoms with E-state index in [4.69, 9.17) is 10.3 Å². The molecule has 1 aromatic carbocycles. The lowest BCUT2D eigenvalue weighted by atomic mass is 10.0. The van der Waals surface area contributed by atoms with Crippen LogP contribution in [-0.2, 0) is 18.4 Å².